The minimum Gasteiger partial charge on any atom is -0.208 e. The first-order valence-electron chi connectivity index (χ1n) is 27.9. The highest BCUT2D eigenvalue weighted by molar-refractivity contribution is 5.97. The molecule has 0 radical (unpaired) electrons. The zero-order valence-electron chi connectivity index (χ0n) is 42.7. The van der Waals surface area contributed by atoms with Crippen LogP contribution in [0.15, 0.2) is 237 Å². The molecule has 0 amide bonds. The van der Waals surface area contributed by atoms with E-state index < -0.39 is 5.41 Å². The van der Waals surface area contributed by atoms with Crippen molar-refractivity contribution in [3.8, 4) is 101 Å². The monoisotopic (exact) mass is 983 g/mol. The van der Waals surface area contributed by atoms with Gasteiger partial charge in [-0.15, -0.1) is 0 Å². The molecule has 77 heavy (non-hydrogen) atoms. The molecule has 0 atom stereocenters. The number of nitrogens with zero attached hydrogens (tertiary/aromatic N) is 3. The highest BCUT2D eigenvalue weighted by atomic mass is 15.0. The summed E-state index contributed by atoms with van der Waals surface area (Å²) in [5, 5.41) is 0. The summed E-state index contributed by atoms with van der Waals surface area (Å²) in [5.41, 5.74) is 26.3. The fourth-order valence-corrected chi connectivity index (χ4v) is 16.5. The van der Waals surface area contributed by atoms with Crippen LogP contribution in [0.4, 0.5) is 0 Å². The lowest BCUT2D eigenvalue weighted by Gasteiger charge is -2.61. The van der Waals surface area contributed by atoms with Crippen LogP contribution in [-0.2, 0) is 10.8 Å². The van der Waals surface area contributed by atoms with E-state index in [0.29, 0.717) is 29.3 Å². The molecule has 7 aliphatic carbocycles. The second-order valence-electron chi connectivity index (χ2n) is 23.0. The Hall–Kier alpha value is -8.79. The third-order valence-corrected chi connectivity index (χ3v) is 19.3. The van der Waals surface area contributed by atoms with Gasteiger partial charge in [0, 0.05) is 22.1 Å². The summed E-state index contributed by atoms with van der Waals surface area (Å²) < 4.78 is 0. The molecule has 10 aromatic carbocycles. The Kier molecular flexibility index (Phi) is 9.23. The molecule has 4 fully saturated rings. The van der Waals surface area contributed by atoms with Crippen LogP contribution in [0.3, 0.4) is 0 Å². The van der Waals surface area contributed by atoms with Crippen molar-refractivity contribution >= 4 is 0 Å². The van der Waals surface area contributed by atoms with Gasteiger partial charge < -0.3 is 0 Å². The van der Waals surface area contributed by atoms with Crippen molar-refractivity contribution in [1.82, 2.24) is 15.0 Å². The normalized spacial score (nSPS) is 20.9. The van der Waals surface area contributed by atoms with E-state index in [4.69, 9.17) is 15.0 Å². The smallest absolute Gasteiger partial charge is 0.164 e. The minimum absolute atomic E-state index is 0.00427. The van der Waals surface area contributed by atoms with E-state index in [1.165, 1.54) is 110 Å². The predicted molar refractivity (Wildman–Crippen MR) is 312 cm³/mol. The first kappa shape index (κ1) is 43.4. The molecular formula is C74H53N3. The van der Waals surface area contributed by atoms with Gasteiger partial charge >= 0.3 is 0 Å². The molecule has 4 bridgehead atoms. The fraction of sp³-hybridized carbons (Fsp3) is 0.149. The van der Waals surface area contributed by atoms with Crippen LogP contribution in [0.2, 0.25) is 0 Å². The molecule has 364 valence electrons. The summed E-state index contributed by atoms with van der Waals surface area (Å²) in [6.45, 7) is 0. The SMILES string of the molecule is c1ccc(-c2ccc3c(c2)-c2ccc(-c4cc(-c5ccc6c(c5)C5(c7ccccc7-c7ccccc75)c5ccccc5-6)cc(-c5nc(-c6ccccc6)nc(-c6ccccc6)n5)c4)cc2C32C3CC4CC(C3)CC2C4)cc1. The van der Waals surface area contributed by atoms with Gasteiger partial charge in [0.2, 0.25) is 0 Å². The molecule has 0 N–H and O–H groups in total. The highest BCUT2D eigenvalue weighted by Gasteiger charge is 2.61. The fourth-order valence-electron chi connectivity index (χ4n) is 16.5. The molecule has 0 saturated heterocycles. The number of rotatable bonds is 6. The van der Waals surface area contributed by atoms with E-state index in [0.717, 1.165) is 39.7 Å². The number of benzene rings is 10. The van der Waals surface area contributed by atoms with E-state index in [2.05, 4.69) is 224 Å². The van der Waals surface area contributed by atoms with E-state index in [1.807, 2.05) is 12.1 Å². The first-order chi connectivity index (χ1) is 38.1. The van der Waals surface area contributed by atoms with Crippen LogP contribution in [0.5, 0.6) is 0 Å². The lowest BCUT2D eigenvalue weighted by Crippen LogP contribution is -2.55. The molecule has 4 saturated carbocycles. The average molecular weight is 984 g/mol. The Morgan fingerprint density at radius 3 is 1.16 bits per heavy atom. The van der Waals surface area contributed by atoms with Crippen LogP contribution in [0.25, 0.3) is 101 Å². The Morgan fingerprint density at radius 2 is 0.636 bits per heavy atom. The van der Waals surface area contributed by atoms with Crippen molar-refractivity contribution < 1.29 is 0 Å². The van der Waals surface area contributed by atoms with Crippen LogP contribution in [0, 0.1) is 23.7 Å². The molecule has 1 heterocycles. The topological polar surface area (TPSA) is 38.7 Å². The third-order valence-electron chi connectivity index (χ3n) is 19.3. The lowest BCUT2D eigenvalue weighted by atomic mass is 9.43. The van der Waals surface area contributed by atoms with E-state index >= 15 is 0 Å². The quantitative estimate of drug-likeness (QED) is 0.167. The molecule has 2 spiro atoms. The van der Waals surface area contributed by atoms with Gasteiger partial charge in [-0.1, -0.05) is 200 Å². The third kappa shape index (κ3) is 6.17. The second kappa shape index (κ2) is 16.4. The summed E-state index contributed by atoms with van der Waals surface area (Å²) in [6, 6.07) is 88.4. The predicted octanol–water partition coefficient (Wildman–Crippen LogP) is 17.9. The van der Waals surface area contributed by atoms with Gasteiger partial charge in [-0.2, -0.15) is 0 Å². The molecule has 11 aromatic rings. The summed E-state index contributed by atoms with van der Waals surface area (Å²) in [6.07, 6.45) is 6.77. The lowest BCUT2D eigenvalue weighted by molar-refractivity contribution is -0.0399. The Bertz CT molecular complexity index is 4080. The van der Waals surface area contributed by atoms with Gasteiger partial charge in [-0.05, 0) is 192 Å². The molecule has 18 rings (SSSR count). The summed E-state index contributed by atoms with van der Waals surface area (Å²) in [7, 11) is 0. The molecular weight excluding hydrogens is 931 g/mol. The summed E-state index contributed by atoms with van der Waals surface area (Å²) >= 11 is 0. The van der Waals surface area contributed by atoms with Gasteiger partial charge in [-0.3, -0.25) is 0 Å². The number of hydrogen-bond donors (Lipinski definition) is 0. The van der Waals surface area contributed by atoms with Crippen LogP contribution in [-0.4, -0.2) is 15.0 Å². The van der Waals surface area contributed by atoms with Gasteiger partial charge in [0.25, 0.3) is 0 Å². The van der Waals surface area contributed by atoms with Crippen molar-refractivity contribution in [2.24, 2.45) is 23.7 Å². The zero-order chi connectivity index (χ0) is 50.4. The molecule has 1 aromatic heterocycles. The average Bonchev–Trinajstić information content (AvgIpc) is 4.11. The molecule has 7 aliphatic rings. The minimum atomic E-state index is -0.457. The van der Waals surface area contributed by atoms with Crippen LogP contribution < -0.4 is 0 Å². The van der Waals surface area contributed by atoms with Crippen molar-refractivity contribution in [1.29, 1.82) is 0 Å². The number of hydrogen-bond acceptors (Lipinski definition) is 3. The van der Waals surface area contributed by atoms with Gasteiger partial charge in [0.15, 0.2) is 17.5 Å². The maximum atomic E-state index is 5.38. The number of fused-ring (bicyclic) bond motifs is 13. The second-order valence-corrected chi connectivity index (χ2v) is 23.0. The van der Waals surface area contributed by atoms with Crippen molar-refractivity contribution in [2.45, 2.75) is 42.9 Å². The summed E-state index contributed by atoms with van der Waals surface area (Å²) in [4.78, 5) is 15.9. The standard InChI is InChI=1S/C74H53N3/c1-4-16-47(17-5-1)50-30-33-67-63(42-50)62-32-29-51(43-68(62)73(67)56-35-45-34-46(37-56)38-57(73)36-45)53-39-54(41-55(40-53)72-76-70(48-18-6-2-7-19-48)75-71(77-72)49-20-8-3-9-21-49)52-28-31-61-60-24-12-15-27-66(60)74(69(61)44-52)64-25-13-10-22-58(64)59-23-11-14-26-65(59)74/h1-33,39-46,56-57H,34-38H2. The van der Waals surface area contributed by atoms with E-state index in [1.54, 1.807) is 11.1 Å². The largest absolute Gasteiger partial charge is 0.208 e. The summed E-state index contributed by atoms with van der Waals surface area (Å²) in [5.74, 6) is 4.97. The zero-order valence-corrected chi connectivity index (χ0v) is 42.7. The van der Waals surface area contributed by atoms with E-state index in [9.17, 15) is 0 Å². The van der Waals surface area contributed by atoms with E-state index in [-0.39, 0.29) is 5.41 Å². The van der Waals surface area contributed by atoms with Gasteiger partial charge in [-0.25, -0.2) is 15.0 Å². The first-order valence-corrected chi connectivity index (χ1v) is 27.9. The Balaban J connectivity index is 0.899. The van der Waals surface area contributed by atoms with Crippen molar-refractivity contribution in [2.75, 3.05) is 0 Å². The van der Waals surface area contributed by atoms with Crippen molar-refractivity contribution in [3.63, 3.8) is 0 Å². The highest BCUT2D eigenvalue weighted by Crippen LogP contribution is 2.70. The molecule has 3 heteroatoms. The molecule has 0 aliphatic heterocycles. The maximum absolute atomic E-state index is 5.38. The van der Waals surface area contributed by atoms with Crippen LogP contribution >= 0.6 is 0 Å². The maximum Gasteiger partial charge on any atom is 0.164 e. The Labute approximate surface area is 450 Å². The van der Waals surface area contributed by atoms with Crippen LogP contribution in [0.1, 0.15) is 65.5 Å². The molecule has 0 unspecified atom stereocenters. The van der Waals surface area contributed by atoms with Crippen molar-refractivity contribution in [3.05, 3.63) is 270 Å². The van der Waals surface area contributed by atoms with Gasteiger partial charge in [0.05, 0.1) is 5.41 Å². The molecule has 3 nitrogen and oxygen atoms in total. The number of aromatic nitrogens is 3. The van der Waals surface area contributed by atoms with Gasteiger partial charge in [0.1, 0.15) is 0 Å². The Morgan fingerprint density at radius 1 is 0.247 bits per heavy atom.